The Kier molecular flexibility index (Phi) is 5.28. The Hall–Kier alpha value is -3.20. The average Bonchev–Trinajstić information content (AvgIpc) is 2.68. The highest BCUT2D eigenvalue weighted by molar-refractivity contribution is 5.89. The summed E-state index contributed by atoms with van der Waals surface area (Å²) in [7, 11) is 1.68. The van der Waals surface area contributed by atoms with Crippen molar-refractivity contribution in [2.45, 2.75) is 6.92 Å². The third-order valence-electron chi connectivity index (χ3n) is 4.51. The Labute approximate surface area is 153 Å². The maximum atomic E-state index is 12.4. The van der Waals surface area contributed by atoms with Crippen LogP contribution in [0.2, 0.25) is 0 Å². The predicted octanol–water partition coefficient (Wildman–Crippen LogP) is 3.23. The van der Waals surface area contributed by atoms with Gasteiger partial charge < -0.3 is 19.9 Å². The Morgan fingerprint density at radius 1 is 1.12 bits per heavy atom. The van der Waals surface area contributed by atoms with Crippen LogP contribution in [0.25, 0.3) is 0 Å². The van der Waals surface area contributed by atoms with Crippen LogP contribution in [0.15, 0.2) is 42.5 Å². The molecule has 6 heteroatoms. The van der Waals surface area contributed by atoms with E-state index < -0.39 is 0 Å². The molecule has 0 spiro atoms. The molecule has 1 heterocycles. The van der Waals surface area contributed by atoms with Gasteiger partial charge in [0.25, 0.3) is 0 Å². The Morgan fingerprint density at radius 2 is 1.81 bits per heavy atom. The molecular formula is C20H22N4O2. The number of amides is 2. The van der Waals surface area contributed by atoms with Crippen molar-refractivity contribution >= 4 is 17.4 Å². The number of nitriles is 1. The van der Waals surface area contributed by atoms with Crippen molar-refractivity contribution in [3.8, 4) is 11.8 Å². The van der Waals surface area contributed by atoms with Crippen molar-refractivity contribution < 1.29 is 9.53 Å². The number of nitrogens with one attached hydrogen (secondary N) is 1. The van der Waals surface area contributed by atoms with Crippen LogP contribution in [0.3, 0.4) is 0 Å². The summed E-state index contributed by atoms with van der Waals surface area (Å²) in [5.41, 5.74) is 3.52. The number of anilines is 2. The second-order valence-electron chi connectivity index (χ2n) is 6.27. The van der Waals surface area contributed by atoms with E-state index in [4.69, 9.17) is 10.00 Å². The van der Waals surface area contributed by atoms with Crippen LogP contribution in [0.1, 0.15) is 11.1 Å². The van der Waals surface area contributed by atoms with E-state index in [0.717, 1.165) is 24.5 Å². The van der Waals surface area contributed by atoms with Gasteiger partial charge in [-0.25, -0.2) is 4.79 Å². The number of aryl methyl sites for hydroxylation is 1. The van der Waals surface area contributed by atoms with Crippen LogP contribution in [0.4, 0.5) is 16.2 Å². The van der Waals surface area contributed by atoms with Gasteiger partial charge in [-0.3, -0.25) is 0 Å². The molecule has 6 nitrogen and oxygen atoms in total. The molecule has 2 aromatic carbocycles. The average molecular weight is 350 g/mol. The molecule has 26 heavy (non-hydrogen) atoms. The number of hydrogen-bond donors (Lipinski definition) is 1. The van der Waals surface area contributed by atoms with Crippen LogP contribution < -0.4 is 15.0 Å². The van der Waals surface area contributed by atoms with E-state index >= 15 is 0 Å². The van der Waals surface area contributed by atoms with Gasteiger partial charge in [-0.1, -0.05) is 6.07 Å². The van der Waals surface area contributed by atoms with E-state index in [9.17, 15) is 4.79 Å². The number of carbonyl (C=O) groups is 1. The molecule has 3 rings (SSSR count). The van der Waals surface area contributed by atoms with Gasteiger partial charge in [-0.05, 0) is 48.9 Å². The summed E-state index contributed by atoms with van der Waals surface area (Å²) in [6, 6.07) is 14.9. The van der Waals surface area contributed by atoms with Crippen molar-refractivity contribution in [2.24, 2.45) is 0 Å². The largest absolute Gasteiger partial charge is 0.495 e. The molecule has 1 aliphatic rings. The van der Waals surface area contributed by atoms with E-state index in [1.807, 2.05) is 12.1 Å². The van der Waals surface area contributed by atoms with E-state index in [1.54, 1.807) is 36.3 Å². The molecular weight excluding hydrogens is 328 g/mol. The fraction of sp³-hybridized carbons (Fsp3) is 0.300. The molecule has 1 aliphatic heterocycles. The summed E-state index contributed by atoms with van der Waals surface area (Å²) in [5, 5.41) is 11.7. The number of piperazine rings is 1. The third-order valence-corrected chi connectivity index (χ3v) is 4.51. The molecule has 0 saturated carbocycles. The first kappa shape index (κ1) is 17.6. The van der Waals surface area contributed by atoms with Crippen molar-refractivity contribution in [1.29, 1.82) is 5.26 Å². The van der Waals surface area contributed by atoms with Crippen LogP contribution in [0, 0.1) is 18.3 Å². The summed E-state index contributed by atoms with van der Waals surface area (Å²) in [4.78, 5) is 16.5. The highest BCUT2D eigenvalue weighted by atomic mass is 16.5. The minimum Gasteiger partial charge on any atom is -0.495 e. The molecule has 0 bridgehead atoms. The van der Waals surface area contributed by atoms with Crippen molar-refractivity contribution in [1.82, 2.24) is 4.90 Å². The lowest BCUT2D eigenvalue weighted by Gasteiger charge is -2.36. The molecule has 0 atom stereocenters. The number of methoxy groups -OCH3 is 1. The lowest BCUT2D eigenvalue weighted by atomic mass is 10.1. The van der Waals surface area contributed by atoms with E-state index in [2.05, 4.69) is 29.3 Å². The summed E-state index contributed by atoms with van der Waals surface area (Å²) >= 11 is 0. The standard InChI is InChI=1S/C20H22N4O2/c1-15-3-8-19(26-2)18(13-15)23-9-11-24(12-10-23)20(25)22-17-6-4-16(14-21)5-7-17/h3-8,13H,9-12H2,1-2H3,(H,22,25). The zero-order valence-electron chi connectivity index (χ0n) is 15.0. The van der Waals surface area contributed by atoms with Crippen LogP contribution >= 0.6 is 0 Å². The molecule has 0 radical (unpaired) electrons. The smallest absolute Gasteiger partial charge is 0.321 e. The van der Waals surface area contributed by atoms with Gasteiger partial charge in [0, 0.05) is 31.9 Å². The van der Waals surface area contributed by atoms with E-state index in [0.29, 0.717) is 24.3 Å². The number of ether oxygens (including phenoxy) is 1. The second-order valence-corrected chi connectivity index (χ2v) is 6.27. The molecule has 0 unspecified atom stereocenters. The van der Waals surface area contributed by atoms with Crippen LogP contribution in [0.5, 0.6) is 5.75 Å². The Balaban J connectivity index is 1.60. The normalized spacial score (nSPS) is 13.9. The number of nitrogens with zero attached hydrogens (tertiary/aromatic N) is 3. The maximum absolute atomic E-state index is 12.4. The van der Waals surface area contributed by atoms with Gasteiger partial charge in [0.15, 0.2) is 0 Å². The lowest BCUT2D eigenvalue weighted by Crippen LogP contribution is -2.50. The van der Waals surface area contributed by atoms with Gasteiger partial charge in [0.05, 0.1) is 24.4 Å². The van der Waals surface area contributed by atoms with Gasteiger partial charge in [-0.2, -0.15) is 5.26 Å². The first-order valence-electron chi connectivity index (χ1n) is 8.56. The number of urea groups is 1. The number of benzene rings is 2. The minimum atomic E-state index is -0.120. The van der Waals surface area contributed by atoms with Gasteiger partial charge in [-0.15, -0.1) is 0 Å². The molecule has 1 fully saturated rings. The summed E-state index contributed by atoms with van der Waals surface area (Å²) in [5.74, 6) is 0.853. The molecule has 2 amide bonds. The minimum absolute atomic E-state index is 0.120. The molecule has 1 saturated heterocycles. The number of hydrogen-bond acceptors (Lipinski definition) is 4. The molecule has 1 N–H and O–H groups in total. The SMILES string of the molecule is COc1ccc(C)cc1N1CCN(C(=O)Nc2ccc(C#N)cc2)CC1. The monoisotopic (exact) mass is 350 g/mol. The number of carbonyl (C=O) groups excluding carboxylic acids is 1. The zero-order chi connectivity index (χ0) is 18.5. The molecule has 134 valence electrons. The molecule has 0 aromatic heterocycles. The van der Waals surface area contributed by atoms with Gasteiger partial charge in [0.2, 0.25) is 0 Å². The fourth-order valence-electron chi connectivity index (χ4n) is 3.03. The van der Waals surface area contributed by atoms with Gasteiger partial charge in [0.1, 0.15) is 5.75 Å². The van der Waals surface area contributed by atoms with Crippen molar-refractivity contribution in [2.75, 3.05) is 43.5 Å². The summed E-state index contributed by atoms with van der Waals surface area (Å²) in [6.07, 6.45) is 0. The summed E-state index contributed by atoms with van der Waals surface area (Å²) in [6.45, 7) is 4.84. The quantitative estimate of drug-likeness (QED) is 0.923. The highest BCUT2D eigenvalue weighted by Crippen LogP contribution is 2.30. The maximum Gasteiger partial charge on any atom is 0.321 e. The van der Waals surface area contributed by atoms with E-state index in [-0.39, 0.29) is 6.03 Å². The Morgan fingerprint density at radius 3 is 2.42 bits per heavy atom. The highest BCUT2D eigenvalue weighted by Gasteiger charge is 2.23. The third kappa shape index (κ3) is 3.89. The summed E-state index contributed by atoms with van der Waals surface area (Å²) < 4.78 is 5.47. The molecule has 0 aliphatic carbocycles. The topological polar surface area (TPSA) is 68.6 Å². The van der Waals surface area contributed by atoms with Crippen LogP contribution in [-0.2, 0) is 0 Å². The van der Waals surface area contributed by atoms with Gasteiger partial charge >= 0.3 is 6.03 Å². The Bertz CT molecular complexity index is 819. The van der Waals surface area contributed by atoms with Crippen molar-refractivity contribution in [3.63, 3.8) is 0 Å². The predicted molar refractivity (Wildman–Crippen MR) is 102 cm³/mol. The first-order valence-corrected chi connectivity index (χ1v) is 8.56. The number of rotatable bonds is 3. The zero-order valence-corrected chi connectivity index (χ0v) is 15.0. The van der Waals surface area contributed by atoms with Crippen LogP contribution in [-0.4, -0.2) is 44.2 Å². The first-order chi connectivity index (χ1) is 12.6. The van der Waals surface area contributed by atoms with Crippen molar-refractivity contribution in [3.05, 3.63) is 53.6 Å². The lowest BCUT2D eigenvalue weighted by molar-refractivity contribution is 0.208. The van der Waals surface area contributed by atoms with E-state index in [1.165, 1.54) is 5.56 Å². The molecule has 2 aromatic rings. The fourth-order valence-corrected chi connectivity index (χ4v) is 3.03. The second kappa shape index (κ2) is 7.79.